The molecule has 0 radical (unpaired) electrons. The summed E-state index contributed by atoms with van der Waals surface area (Å²) in [5.74, 6) is -0.481. The number of halogens is 1. The third kappa shape index (κ3) is 4.79. The largest absolute Gasteiger partial charge is 0.349 e. The molecule has 110 valence electrons. The van der Waals surface area contributed by atoms with Crippen molar-refractivity contribution < 1.29 is 9.72 Å². The van der Waals surface area contributed by atoms with Crippen molar-refractivity contribution in [3.63, 3.8) is 0 Å². The average Bonchev–Trinajstić information content (AvgIpc) is 2.35. The van der Waals surface area contributed by atoms with Gasteiger partial charge in [0.25, 0.3) is 11.6 Å². The van der Waals surface area contributed by atoms with E-state index in [1.54, 1.807) is 0 Å². The first-order chi connectivity index (χ1) is 9.31. The number of carbonyl (C=O) groups excluding carboxylic acids is 1. The fourth-order valence-corrected chi connectivity index (χ4v) is 1.85. The Bertz CT molecular complexity index is 506. The van der Waals surface area contributed by atoms with E-state index < -0.39 is 10.8 Å². The van der Waals surface area contributed by atoms with Crippen LogP contribution in [0.1, 0.15) is 23.7 Å². The van der Waals surface area contributed by atoms with Crippen LogP contribution < -0.4 is 5.32 Å². The van der Waals surface area contributed by atoms with Crippen LogP contribution in [0, 0.1) is 10.1 Å². The summed E-state index contributed by atoms with van der Waals surface area (Å²) in [6, 6.07) is 3.87. The smallest absolute Gasteiger partial charge is 0.282 e. The lowest BCUT2D eigenvalue weighted by Gasteiger charge is -2.16. The van der Waals surface area contributed by atoms with E-state index in [4.69, 9.17) is 11.6 Å². The third-order valence-corrected chi connectivity index (χ3v) is 3.02. The molecule has 1 atom stereocenters. The number of nitrogens with one attached hydrogen (secondary N) is 1. The van der Waals surface area contributed by atoms with Crippen molar-refractivity contribution in [1.82, 2.24) is 10.2 Å². The Hall–Kier alpha value is -1.66. The van der Waals surface area contributed by atoms with E-state index in [1.807, 2.05) is 25.9 Å². The van der Waals surface area contributed by atoms with Crippen LogP contribution in [-0.4, -0.2) is 42.4 Å². The highest BCUT2D eigenvalue weighted by Crippen LogP contribution is 2.22. The molecule has 20 heavy (non-hydrogen) atoms. The normalized spacial score (nSPS) is 12.2. The van der Waals surface area contributed by atoms with Gasteiger partial charge in [0, 0.05) is 17.1 Å². The molecular formula is C13H18ClN3O3. The number of nitro benzene ring substituents is 1. The number of amides is 1. The van der Waals surface area contributed by atoms with Crippen molar-refractivity contribution in [3.05, 3.63) is 38.9 Å². The molecule has 0 heterocycles. The van der Waals surface area contributed by atoms with Crippen molar-refractivity contribution >= 4 is 23.2 Å². The SMILES string of the molecule is CC(CCN(C)C)NC(=O)c1cc(Cl)ccc1[N+](=O)[O-]. The molecule has 1 aromatic carbocycles. The van der Waals surface area contributed by atoms with Crippen molar-refractivity contribution in [3.8, 4) is 0 Å². The van der Waals surface area contributed by atoms with Gasteiger partial charge in [0.2, 0.25) is 0 Å². The highest BCUT2D eigenvalue weighted by Gasteiger charge is 2.21. The maximum atomic E-state index is 12.1. The molecule has 7 heteroatoms. The molecule has 1 aromatic rings. The predicted molar refractivity (Wildman–Crippen MR) is 78.2 cm³/mol. The Balaban J connectivity index is 2.81. The zero-order valence-electron chi connectivity index (χ0n) is 11.7. The molecule has 0 fully saturated rings. The molecular weight excluding hydrogens is 282 g/mol. The Morgan fingerprint density at radius 3 is 2.70 bits per heavy atom. The van der Waals surface area contributed by atoms with Gasteiger partial charge in [0.05, 0.1) is 4.92 Å². The molecule has 1 N–H and O–H groups in total. The van der Waals surface area contributed by atoms with Crippen LogP contribution in [0.3, 0.4) is 0 Å². The zero-order valence-corrected chi connectivity index (χ0v) is 12.5. The maximum Gasteiger partial charge on any atom is 0.282 e. The first kappa shape index (κ1) is 16.4. The third-order valence-electron chi connectivity index (χ3n) is 2.79. The maximum absolute atomic E-state index is 12.1. The topological polar surface area (TPSA) is 75.5 Å². The molecule has 0 bridgehead atoms. The van der Waals surface area contributed by atoms with Gasteiger partial charge in [-0.05, 0) is 46.1 Å². The Morgan fingerprint density at radius 1 is 1.50 bits per heavy atom. The number of carbonyl (C=O) groups is 1. The van der Waals surface area contributed by atoms with Crippen molar-refractivity contribution in [2.45, 2.75) is 19.4 Å². The minimum absolute atomic E-state index is 0.0146. The van der Waals surface area contributed by atoms with Crippen molar-refractivity contribution in [2.24, 2.45) is 0 Å². The van der Waals surface area contributed by atoms with Gasteiger partial charge in [-0.3, -0.25) is 14.9 Å². The Labute approximate surface area is 122 Å². The molecule has 0 saturated carbocycles. The quantitative estimate of drug-likeness (QED) is 0.646. The van der Waals surface area contributed by atoms with Crippen LogP contribution in [0.25, 0.3) is 0 Å². The van der Waals surface area contributed by atoms with E-state index in [2.05, 4.69) is 5.32 Å². The summed E-state index contributed by atoms with van der Waals surface area (Å²) >= 11 is 5.80. The molecule has 0 aliphatic heterocycles. The van der Waals surface area contributed by atoms with Crippen LogP contribution in [0.2, 0.25) is 5.02 Å². The number of benzene rings is 1. The van der Waals surface area contributed by atoms with E-state index in [1.165, 1.54) is 18.2 Å². The van der Waals surface area contributed by atoms with Gasteiger partial charge in [0.1, 0.15) is 5.56 Å². The summed E-state index contributed by atoms with van der Waals surface area (Å²) < 4.78 is 0. The van der Waals surface area contributed by atoms with Gasteiger partial charge in [-0.25, -0.2) is 0 Å². The van der Waals surface area contributed by atoms with Gasteiger partial charge in [-0.15, -0.1) is 0 Å². The first-order valence-corrected chi connectivity index (χ1v) is 6.58. The molecule has 0 aliphatic rings. The number of nitro groups is 1. The molecule has 6 nitrogen and oxygen atoms in total. The summed E-state index contributed by atoms with van der Waals surface area (Å²) in [4.78, 5) is 24.4. The predicted octanol–water partition coefficient (Wildman–Crippen LogP) is 2.32. The molecule has 0 saturated heterocycles. The van der Waals surface area contributed by atoms with E-state index in [0.717, 1.165) is 13.0 Å². The molecule has 1 unspecified atom stereocenters. The molecule has 1 rings (SSSR count). The number of nitrogens with zero attached hydrogens (tertiary/aromatic N) is 2. The lowest BCUT2D eigenvalue weighted by atomic mass is 10.1. The lowest BCUT2D eigenvalue weighted by Crippen LogP contribution is -2.35. The van der Waals surface area contributed by atoms with E-state index in [9.17, 15) is 14.9 Å². The van der Waals surface area contributed by atoms with E-state index in [-0.39, 0.29) is 17.3 Å². The molecule has 0 spiro atoms. The summed E-state index contributed by atoms with van der Waals surface area (Å²) in [6.45, 7) is 2.68. The second-order valence-electron chi connectivity index (χ2n) is 4.89. The fourth-order valence-electron chi connectivity index (χ4n) is 1.67. The van der Waals surface area contributed by atoms with Crippen LogP contribution in [0.4, 0.5) is 5.69 Å². The van der Waals surface area contributed by atoms with Gasteiger partial charge in [-0.1, -0.05) is 11.6 Å². The van der Waals surface area contributed by atoms with Crippen LogP contribution in [-0.2, 0) is 0 Å². The van der Waals surface area contributed by atoms with E-state index in [0.29, 0.717) is 5.02 Å². The van der Waals surface area contributed by atoms with Crippen LogP contribution in [0.5, 0.6) is 0 Å². The minimum atomic E-state index is -0.588. The monoisotopic (exact) mass is 299 g/mol. The molecule has 1 amide bonds. The van der Waals surface area contributed by atoms with Crippen molar-refractivity contribution in [2.75, 3.05) is 20.6 Å². The zero-order chi connectivity index (χ0) is 15.3. The Morgan fingerprint density at radius 2 is 2.15 bits per heavy atom. The number of rotatable bonds is 6. The molecule has 0 aromatic heterocycles. The number of hydrogen-bond donors (Lipinski definition) is 1. The second-order valence-corrected chi connectivity index (χ2v) is 5.32. The minimum Gasteiger partial charge on any atom is -0.349 e. The summed E-state index contributed by atoms with van der Waals surface area (Å²) in [5.41, 5.74) is -0.258. The van der Waals surface area contributed by atoms with Gasteiger partial charge in [0.15, 0.2) is 0 Å². The average molecular weight is 300 g/mol. The van der Waals surface area contributed by atoms with Gasteiger partial charge in [-0.2, -0.15) is 0 Å². The fraction of sp³-hybridized carbons (Fsp3) is 0.462. The summed E-state index contributed by atoms with van der Waals surface area (Å²) in [6.07, 6.45) is 0.757. The summed E-state index contributed by atoms with van der Waals surface area (Å²) in [5, 5.41) is 14.0. The lowest BCUT2D eigenvalue weighted by molar-refractivity contribution is -0.385. The Kier molecular flexibility index (Phi) is 5.91. The second kappa shape index (κ2) is 7.21. The van der Waals surface area contributed by atoms with Crippen LogP contribution in [0.15, 0.2) is 18.2 Å². The highest BCUT2D eigenvalue weighted by molar-refractivity contribution is 6.31. The molecule has 0 aliphatic carbocycles. The van der Waals surface area contributed by atoms with E-state index >= 15 is 0 Å². The van der Waals surface area contributed by atoms with Crippen molar-refractivity contribution in [1.29, 1.82) is 0 Å². The highest BCUT2D eigenvalue weighted by atomic mass is 35.5. The van der Waals surface area contributed by atoms with Gasteiger partial charge >= 0.3 is 0 Å². The van der Waals surface area contributed by atoms with Gasteiger partial charge < -0.3 is 10.2 Å². The standard InChI is InChI=1S/C13H18ClN3O3/c1-9(6-7-16(2)3)15-13(18)11-8-10(14)4-5-12(11)17(19)20/h4-5,8-9H,6-7H2,1-3H3,(H,15,18). The first-order valence-electron chi connectivity index (χ1n) is 6.20. The van der Waals surface area contributed by atoms with Crippen LogP contribution >= 0.6 is 11.6 Å². The number of hydrogen-bond acceptors (Lipinski definition) is 4. The summed E-state index contributed by atoms with van der Waals surface area (Å²) in [7, 11) is 3.88.